The number of ether oxygens (including phenoxy) is 1. The first-order valence-corrected chi connectivity index (χ1v) is 8.93. The Labute approximate surface area is 159 Å². The molecule has 27 heavy (non-hydrogen) atoms. The number of anilines is 1. The highest BCUT2D eigenvalue weighted by Gasteiger charge is 2.23. The minimum absolute atomic E-state index is 0.0916. The quantitative estimate of drug-likeness (QED) is 0.614. The Morgan fingerprint density at radius 1 is 1.07 bits per heavy atom. The van der Waals surface area contributed by atoms with Crippen molar-refractivity contribution in [1.82, 2.24) is 4.57 Å². The van der Waals surface area contributed by atoms with Gasteiger partial charge in [0, 0.05) is 28.7 Å². The second-order valence-electron chi connectivity index (χ2n) is 6.92. The van der Waals surface area contributed by atoms with E-state index in [0.29, 0.717) is 16.8 Å². The molecule has 1 atom stereocenters. The highest BCUT2D eigenvalue weighted by Crippen LogP contribution is 2.21. The molecule has 1 N–H and O–H groups in total. The first-order chi connectivity index (χ1) is 12.6. The smallest absolute Gasteiger partial charge is 0.340 e. The number of esters is 1. The average molecular weight is 370 g/mol. The SMILES string of the molecule is CC(=O)c1cccc(NC(=O)C(C)OC(=O)c2cc(C)n(C(C)C)c2C)c1. The Balaban J connectivity index is 2.08. The monoisotopic (exact) mass is 370 g/mol. The summed E-state index contributed by atoms with van der Waals surface area (Å²) in [6, 6.07) is 8.62. The van der Waals surface area contributed by atoms with Crippen LogP contribution in [0.3, 0.4) is 0 Å². The van der Waals surface area contributed by atoms with Crippen molar-refractivity contribution in [2.45, 2.75) is 53.7 Å². The first kappa shape index (κ1) is 20.4. The molecule has 1 heterocycles. The zero-order valence-corrected chi connectivity index (χ0v) is 16.6. The van der Waals surface area contributed by atoms with Crippen LogP contribution in [0.2, 0.25) is 0 Å². The first-order valence-electron chi connectivity index (χ1n) is 8.93. The maximum atomic E-state index is 12.5. The van der Waals surface area contributed by atoms with Gasteiger partial charge >= 0.3 is 5.97 Å². The van der Waals surface area contributed by atoms with Crippen molar-refractivity contribution >= 4 is 23.3 Å². The van der Waals surface area contributed by atoms with Gasteiger partial charge in [-0.05, 0) is 59.7 Å². The molecule has 0 radical (unpaired) electrons. The summed E-state index contributed by atoms with van der Waals surface area (Å²) in [5.41, 5.74) is 3.22. The predicted molar refractivity (Wildman–Crippen MR) is 104 cm³/mol. The highest BCUT2D eigenvalue weighted by atomic mass is 16.5. The van der Waals surface area contributed by atoms with Crippen LogP contribution >= 0.6 is 0 Å². The van der Waals surface area contributed by atoms with Crippen LogP contribution in [0.15, 0.2) is 30.3 Å². The van der Waals surface area contributed by atoms with E-state index in [4.69, 9.17) is 4.74 Å². The summed E-state index contributed by atoms with van der Waals surface area (Å²) < 4.78 is 7.40. The van der Waals surface area contributed by atoms with E-state index in [2.05, 4.69) is 9.88 Å². The number of aromatic nitrogens is 1. The average Bonchev–Trinajstić information content (AvgIpc) is 2.89. The van der Waals surface area contributed by atoms with E-state index in [9.17, 15) is 14.4 Å². The summed E-state index contributed by atoms with van der Waals surface area (Å²) in [5.74, 6) is -1.08. The van der Waals surface area contributed by atoms with Crippen LogP contribution in [0.25, 0.3) is 0 Å². The summed E-state index contributed by atoms with van der Waals surface area (Å²) in [7, 11) is 0. The van der Waals surface area contributed by atoms with Gasteiger partial charge in [0.2, 0.25) is 0 Å². The second kappa shape index (κ2) is 8.20. The van der Waals surface area contributed by atoms with Crippen LogP contribution in [0.4, 0.5) is 5.69 Å². The fourth-order valence-corrected chi connectivity index (χ4v) is 3.12. The number of benzene rings is 1. The van der Waals surface area contributed by atoms with Crippen molar-refractivity contribution < 1.29 is 19.1 Å². The number of carbonyl (C=O) groups is 3. The Morgan fingerprint density at radius 2 is 1.74 bits per heavy atom. The molecule has 1 unspecified atom stereocenters. The zero-order valence-electron chi connectivity index (χ0n) is 16.6. The van der Waals surface area contributed by atoms with E-state index in [1.807, 2.05) is 27.7 Å². The summed E-state index contributed by atoms with van der Waals surface area (Å²) in [5, 5.41) is 2.67. The fourth-order valence-electron chi connectivity index (χ4n) is 3.12. The number of amides is 1. The molecule has 6 heteroatoms. The van der Waals surface area contributed by atoms with Crippen LogP contribution in [-0.4, -0.2) is 28.3 Å². The lowest BCUT2D eigenvalue weighted by Gasteiger charge is -2.15. The van der Waals surface area contributed by atoms with E-state index in [1.54, 1.807) is 30.3 Å². The molecule has 0 spiro atoms. The Bertz CT molecular complexity index is 880. The minimum Gasteiger partial charge on any atom is -0.449 e. The molecule has 2 aromatic rings. The van der Waals surface area contributed by atoms with Gasteiger partial charge < -0.3 is 14.6 Å². The number of nitrogens with one attached hydrogen (secondary N) is 1. The van der Waals surface area contributed by atoms with Gasteiger partial charge in [-0.25, -0.2) is 4.79 Å². The number of rotatable bonds is 6. The Kier molecular flexibility index (Phi) is 6.20. The lowest BCUT2D eigenvalue weighted by Crippen LogP contribution is -2.30. The van der Waals surface area contributed by atoms with Gasteiger partial charge in [-0.1, -0.05) is 12.1 Å². The molecular weight excluding hydrogens is 344 g/mol. The van der Waals surface area contributed by atoms with Crippen molar-refractivity contribution in [2.75, 3.05) is 5.32 Å². The number of hydrogen-bond donors (Lipinski definition) is 1. The maximum Gasteiger partial charge on any atom is 0.340 e. The van der Waals surface area contributed by atoms with Crippen LogP contribution in [-0.2, 0) is 9.53 Å². The van der Waals surface area contributed by atoms with Crippen molar-refractivity contribution in [1.29, 1.82) is 0 Å². The van der Waals surface area contributed by atoms with E-state index in [0.717, 1.165) is 11.4 Å². The number of hydrogen-bond acceptors (Lipinski definition) is 4. The number of Topliss-reactive ketones (excluding diaryl/α,β-unsaturated/α-hetero) is 1. The van der Waals surface area contributed by atoms with Crippen LogP contribution in [0.1, 0.15) is 65.8 Å². The minimum atomic E-state index is -0.972. The van der Waals surface area contributed by atoms with Gasteiger partial charge in [-0.3, -0.25) is 9.59 Å². The molecule has 6 nitrogen and oxygen atoms in total. The van der Waals surface area contributed by atoms with Crippen molar-refractivity contribution in [3.05, 3.63) is 52.8 Å². The molecule has 1 amide bonds. The number of nitrogens with zero attached hydrogens (tertiary/aromatic N) is 1. The van der Waals surface area contributed by atoms with Gasteiger partial charge in [-0.15, -0.1) is 0 Å². The molecule has 1 aromatic carbocycles. The van der Waals surface area contributed by atoms with Gasteiger partial charge in [0.15, 0.2) is 11.9 Å². The highest BCUT2D eigenvalue weighted by molar-refractivity contribution is 5.99. The molecule has 0 aliphatic heterocycles. The third-order valence-corrected chi connectivity index (χ3v) is 4.41. The van der Waals surface area contributed by atoms with Gasteiger partial charge in [0.25, 0.3) is 5.91 Å². The third-order valence-electron chi connectivity index (χ3n) is 4.41. The topological polar surface area (TPSA) is 77.4 Å². The van der Waals surface area contributed by atoms with Gasteiger partial charge in [-0.2, -0.15) is 0 Å². The molecule has 0 aliphatic carbocycles. The van der Waals surface area contributed by atoms with Crippen LogP contribution in [0, 0.1) is 13.8 Å². The van der Waals surface area contributed by atoms with E-state index < -0.39 is 18.0 Å². The Morgan fingerprint density at radius 3 is 2.30 bits per heavy atom. The van der Waals surface area contributed by atoms with E-state index in [-0.39, 0.29) is 11.8 Å². The summed E-state index contributed by atoms with van der Waals surface area (Å²) in [6.45, 7) is 10.9. The molecule has 0 fully saturated rings. The van der Waals surface area contributed by atoms with Gasteiger partial charge in [0.1, 0.15) is 0 Å². The number of aryl methyl sites for hydroxylation is 1. The van der Waals surface area contributed by atoms with Crippen LogP contribution < -0.4 is 5.32 Å². The lowest BCUT2D eigenvalue weighted by molar-refractivity contribution is -0.123. The van der Waals surface area contributed by atoms with Crippen molar-refractivity contribution in [2.24, 2.45) is 0 Å². The lowest BCUT2D eigenvalue weighted by atomic mass is 10.1. The molecular formula is C21H26N2O4. The molecule has 2 rings (SSSR count). The summed E-state index contributed by atoms with van der Waals surface area (Å²) in [4.78, 5) is 36.3. The molecule has 1 aromatic heterocycles. The summed E-state index contributed by atoms with van der Waals surface area (Å²) >= 11 is 0. The standard InChI is InChI=1S/C21H26N2O4/c1-12(2)23-13(3)10-19(14(23)4)21(26)27-16(6)20(25)22-18-9-7-8-17(11-18)15(5)24/h7-12,16H,1-6H3,(H,22,25). The summed E-state index contributed by atoms with van der Waals surface area (Å²) in [6.07, 6.45) is -0.972. The van der Waals surface area contributed by atoms with Gasteiger partial charge in [0.05, 0.1) is 5.56 Å². The Hall–Kier alpha value is -2.89. The molecule has 0 bridgehead atoms. The zero-order chi connectivity index (χ0) is 20.3. The molecule has 144 valence electrons. The van der Waals surface area contributed by atoms with E-state index in [1.165, 1.54) is 13.8 Å². The largest absolute Gasteiger partial charge is 0.449 e. The van der Waals surface area contributed by atoms with Crippen molar-refractivity contribution in [3.8, 4) is 0 Å². The normalized spacial score (nSPS) is 12.0. The van der Waals surface area contributed by atoms with Crippen LogP contribution in [0.5, 0.6) is 0 Å². The maximum absolute atomic E-state index is 12.5. The predicted octanol–water partition coefficient (Wildman–Crippen LogP) is 4.07. The number of carbonyl (C=O) groups excluding carboxylic acids is 3. The van der Waals surface area contributed by atoms with Crippen molar-refractivity contribution in [3.63, 3.8) is 0 Å². The number of ketones is 1. The second-order valence-corrected chi connectivity index (χ2v) is 6.92. The molecule has 0 saturated carbocycles. The molecule has 0 aliphatic rings. The fraction of sp³-hybridized carbons (Fsp3) is 0.381. The van der Waals surface area contributed by atoms with E-state index >= 15 is 0 Å². The molecule has 0 saturated heterocycles. The third kappa shape index (κ3) is 4.64.